The van der Waals surface area contributed by atoms with Crippen molar-refractivity contribution < 1.29 is 19.2 Å². The van der Waals surface area contributed by atoms with Gasteiger partial charge in [-0.05, 0) is 30.5 Å². The standard InChI is InChI=1S/C24H36N4O4/c1-2-3-4-5-6-7-8-9-19(25)23(31)26-18-12-10-17(11-13-18)16-22(30)27-20-14-15-21(29)28-24(20)32/h10-13,19-20H,2-9,14-16,25H2,1H3,(H,26,31)(H,27,30)(H,28,29,32). The van der Waals surface area contributed by atoms with Crippen LogP contribution in [-0.4, -0.2) is 35.7 Å². The molecule has 0 aromatic heterocycles. The highest BCUT2D eigenvalue weighted by Gasteiger charge is 2.27. The SMILES string of the molecule is CCCCCCCCCC(N)C(=O)Nc1ccc(CC(=O)NC2CCC(=O)NC2=O)cc1. The van der Waals surface area contributed by atoms with Crippen LogP contribution < -0.4 is 21.7 Å². The van der Waals surface area contributed by atoms with Gasteiger partial charge in [0.15, 0.2) is 0 Å². The van der Waals surface area contributed by atoms with Gasteiger partial charge in [0.25, 0.3) is 0 Å². The molecule has 0 radical (unpaired) electrons. The molecule has 176 valence electrons. The van der Waals surface area contributed by atoms with Crippen molar-refractivity contribution in [3.05, 3.63) is 29.8 Å². The molecule has 1 fully saturated rings. The molecule has 1 saturated heterocycles. The summed E-state index contributed by atoms with van der Waals surface area (Å²) in [4.78, 5) is 47.4. The highest BCUT2D eigenvalue weighted by molar-refractivity contribution is 6.01. The number of anilines is 1. The number of carbonyl (C=O) groups excluding carboxylic acids is 4. The van der Waals surface area contributed by atoms with Crippen molar-refractivity contribution in [3.8, 4) is 0 Å². The Balaban J connectivity index is 1.69. The zero-order chi connectivity index (χ0) is 23.3. The first-order valence-corrected chi connectivity index (χ1v) is 11.7. The summed E-state index contributed by atoms with van der Waals surface area (Å²) in [6.07, 6.45) is 9.56. The number of rotatable bonds is 13. The topological polar surface area (TPSA) is 130 Å². The Bertz CT molecular complexity index is 779. The van der Waals surface area contributed by atoms with Gasteiger partial charge in [-0.15, -0.1) is 0 Å². The zero-order valence-corrected chi connectivity index (χ0v) is 19.0. The van der Waals surface area contributed by atoms with Crippen LogP contribution in [0.25, 0.3) is 0 Å². The largest absolute Gasteiger partial charge is 0.344 e. The molecule has 32 heavy (non-hydrogen) atoms. The predicted octanol–water partition coefficient (Wildman–Crippen LogP) is 2.56. The number of nitrogens with two attached hydrogens (primary N) is 1. The molecule has 2 atom stereocenters. The quantitative estimate of drug-likeness (QED) is 0.274. The lowest BCUT2D eigenvalue weighted by atomic mass is 10.0. The number of hydrogen-bond donors (Lipinski definition) is 4. The third-order valence-electron chi connectivity index (χ3n) is 5.62. The number of hydrogen-bond acceptors (Lipinski definition) is 5. The first-order chi connectivity index (χ1) is 15.4. The van der Waals surface area contributed by atoms with Crippen LogP contribution in [-0.2, 0) is 25.6 Å². The van der Waals surface area contributed by atoms with Gasteiger partial charge in [0.2, 0.25) is 23.6 Å². The molecule has 1 aliphatic rings. The lowest BCUT2D eigenvalue weighted by Crippen LogP contribution is -2.52. The maximum absolute atomic E-state index is 12.3. The van der Waals surface area contributed by atoms with Gasteiger partial charge in [0.1, 0.15) is 6.04 Å². The zero-order valence-electron chi connectivity index (χ0n) is 19.0. The Morgan fingerprint density at radius 3 is 2.38 bits per heavy atom. The minimum absolute atomic E-state index is 0.101. The van der Waals surface area contributed by atoms with Crippen LogP contribution in [0.15, 0.2) is 24.3 Å². The van der Waals surface area contributed by atoms with Crippen LogP contribution in [0.1, 0.15) is 76.7 Å². The number of nitrogens with one attached hydrogen (secondary N) is 3. The van der Waals surface area contributed by atoms with Crippen LogP contribution >= 0.6 is 0 Å². The Labute approximate surface area is 190 Å². The van der Waals surface area contributed by atoms with Crippen molar-refractivity contribution >= 4 is 29.3 Å². The van der Waals surface area contributed by atoms with Crippen LogP contribution in [0.2, 0.25) is 0 Å². The molecule has 0 saturated carbocycles. The van der Waals surface area contributed by atoms with E-state index >= 15 is 0 Å². The highest BCUT2D eigenvalue weighted by Crippen LogP contribution is 2.13. The third-order valence-corrected chi connectivity index (χ3v) is 5.62. The number of piperidine rings is 1. The smallest absolute Gasteiger partial charge is 0.249 e. The van der Waals surface area contributed by atoms with E-state index < -0.39 is 18.0 Å². The Hall–Kier alpha value is -2.74. The van der Waals surface area contributed by atoms with Crippen molar-refractivity contribution in [3.63, 3.8) is 0 Å². The summed E-state index contributed by atoms with van der Waals surface area (Å²) in [5.41, 5.74) is 7.39. The number of imide groups is 1. The van der Waals surface area contributed by atoms with E-state index in [1.54, 1.807) is 24.3 Å². The van der Waals surface area contributed by atoms with Gasteiger partial charge in [-0.1, -0.05) is 64.0 Å². The maximum atomic E-state index is 12.3. The summed E-state index contributed by atoms with van der Waals surface area (Å²) in [7, 11) is 0. The van der Waals surface area contributed by atoms with Gasteiger partial charge in [-0.2, -0.15) is 0 Å². The first kappa shape index (κ1) is 25.5. The first-order valence-electron chi connectivity index (χ1n) is 11.7. The van der Waals surface area contributed by atoms with Crippen LogP contribution in [0.4, 0.5) is 5.69 Å². The van der Waals surface area contributed by atoms with E-state index in [-0.39, 0.29) is 30.6 Å². The summed E-state index contributed by atoms with van der Waals surface area (Å²) in [5, 5.41) is 7.68. The molecule has 1 aromatic carbocycles. The van der Waals surface area contributed by atoms with Crippen LogP contribution in [0.5, 0.6) is 0 Å². The fourth-order valence-electron chi connectivity index (χ4n) is 3.66. The summed E-state index contributed by atoms with van der Waals surface area (Å²) in [6, 6.07) is 5.74. The molecule has 8 nitrogen and oxygen atoms in total. The maximum Gasteiger partial charge on any atom is 0.249 e. The molecule has 4 amide bonds. The van der Waals surface area contributed by atoms with E-state index in [0.717, 1.165) is 18.4 Å². The Morgan fingerprint density at radius 1 is 1.06 bits per heavy atom. The third kappa shape index (κ3) is 9.18. The molecule has 5 N–H and O–H groups in total. The number of unbranched alkanes of at least 4 members (excludes halogenated alkanes) is 6. The summed E-state index contributed by atoms with van der Waals surface area (Å²) in [6.45, 7) is 2.20. The van der Waals surface area contributed by atoms with Crippen molar-refractivity contribution in [2.24, 2.45) is 5.73 Å². The average Bonchev–Trinajstić information content (AvgIpc) is 2.76. The van der Waals surface area contributed by atoms with Gasteiger partial charge in [0.05, 0.1) is 12.5 Å². The molecule has 0 bridgehead atoms. The van der Waals surface area contributed by atoms with Gasteiger partial charge in [-0.25, -0.2) is 0 Å². The Morgan fingerprint density at radius 2 is 1.72 bits per heavy atom. The normalized spacial score (nSPS) is 16.9. The summed E-state index contributed by atoms with van der Waals surface area (Å²) < 4.78 is 0. The fourth-order valence-corrected chi connectivity index (χ4v) is 3.66. The van der Waals surface area contributed by atoms with Crippen molar-refractivity contribution in [2.75, 3.05) is 5.32 Å². The van der Waals surface area contributed by atoms with Crippen molar-refractivity contribution in [1.82, 2.24) is 10.6 Å². The van der Waals surface area contributed by atoms with Crippen LogP contribution in [0.3, 0.4) is 0 Å². The Kier molecular flexibility index (Phi) is 10.9. The van der Waals surface area contributed by atoms with Gasteiger partial charge in [-0.3, -0.25) is 24.5 Å². The van der Waals surface area contributed by atoms with E-state index in [9.17, 15) is 19.2 Å². The number of carbonyl (C=O) groups is 4. The molecule has 1 aromatic rings. The lowest BCUT2D eigenvalue weighted by molar-refractivity contribution is -0.137. The van der Waals surface area contributed by atoms with E-state index in [4.69, 9.17) is 5.73 Å². The molecular weight excluding hydrogens is 408 g/mol. The predicted molar refractivity (Wildman–Crippen MR) is 124 cm³/mol. The minimum Gasteiger partial charge on any atom is -0.344 e. The summed E-state index contributed by atoms with van der Waals surface area (Å²) in [5.74, 6) is -1.30. The number of benzene rings is 1. The van der Waals surface area contributed by atoms with Crippen molar-refractivity contribution in [1.29, 1.82) is 0 Å². The second-order valence-corrected chi connectivity index (χ2v) is 8.45. The van der Waals surface area contributed by atoms with Gasteiger partial charge in [0, 0.05) is 12.1 Å². The molecule has 8 heteroatoms. The minimum atomic E-state index is -0.684. The van der Waals surface area contributed by atoms with E-state index in [0.29, 0.717) is 18.5 Å². The molecule has 2 rings (SSSR count). The second kappa shape index (κ2) is 13.6. The van der Waals surface area contributed by atoms with E-state index in [2.05, 4.69) is 22.9 Å². The summed E-state index contributed by atoms with van der Waals surface area (Å²) >= 11 is 0. The van der Waals surface area contributed by atoms with E-state index in [1.165, 1.54) is 32.1 Å². The average molecular weight is 445 g/mol. The second-order valence-electron chi connectivity index (χ2n) is 8.45. The van der Waals surface area contributed by atoms with E-state index in [1.807, 2.05) is 0 Å². The van der Waals surface area contributed by atoms with Gasteiger partial charge < -0.3 is 16.4 Å². The lowest BCUT2D eigenvalue weighted by Gasteiger charge is -2.21. The van der Waals surface area contributed by atoms with Gasteiger partial charge >= 0.3 is 0 Å². The molecule has 0 spiro atoms. The molecule has 1 heterocycles. The van der Waals surface area contributed by atoms with Crippen molar-refractivity contribution in [2.45, 2.75) is 89.6 Å². The van der Waals surface area contributed by atoms with Crippen LogP contribution in [0, 0.1) is 0 Å². The highest BCUT2D eigenvalue weighted by atomic mass is 16.2. The molecular formula is C24H36N4O4. The molecule has 0 aliphatic carbocycles. The molecule has 1 aliphatic heterocycles. The number of amides is 4. The monoisotopic (exact) mass is 444 g/mol. The molecule has 2 unspecified atom stereocenters. The fraction of sp³-hybridized carbons (Fsp3) is 0.583.